The van der Waals surface area contributed by atoms with E-state index < -0.39 is 5.97 Å². The number of hydrogen-bond acceptors (Lipinski definition) is 3. The summed E-state index contributed by atoms with van der Waals surface area (Å²) < 4.78 is 1.80. The molecule has 0 unspecified atom stereocenters. The van der Waals surface area contributed by atoms with Gasteiger partial charge < -0.3 is 15.2 Å². The molecule has 0 aliphatic carbocycles. The Labute approximate surface area is 105 Å². The average Bonchev–Trinajstić information content (AvgIpc) is 2.54. The highest BCUT2D eigenvalue weighted by Crippen LogP contribution is 2.23. The van der Waals surface area contributed by atoms with Gasteiger partial charge >= 0.3 is 5.97 Å². The Kier molecular flexibility index (Phi) is 2.77. The van der Waals surface area contributed by atoms with Crippen LogP contribution in [0.2, 0.25) is 0 Å². The first kappa shape index (κ1) is 12.4. The minimum atomic E-state index is -1.03. The van der Waals surface area contributed by atoms with Crippen LogP contribution in [0.5, 0.6) is 0 Å². The lowest BCUT2D eigenvalue weighted by molar-refractivity contribution is 0.0693. The Hall–Kier alpha value is -2.04. The van der Waals surface area contributed by atoms with Gasteiger partial charge in [0.25, 0.3) is 0 Å². The number of imidazole rings is 1. The van der Waals surface area contributed by atoms with Crippen LogP contribution in [0.4, 0.5) is 5.69 Å². The highest BCUT2D eigenvalue weighted by atomic mass is 16.4. The van der Waals surface area contributed by atoms with Crippen molar-refractivity contribution in [2.45, 2.75) is 27.2 Å². The van der Waals surface area contributed by atoms with Crippen molar-refractivity contribution in [2.24, 2.45) is 5.41 Å². The lowest BCUT2D eigenvalue weighted by Gasteiger charge is -2.16. The summed E-state index contributed by atoms with van der Waals surface area (Å²) in [5.74, 6) is -0.284. The number of pyridine rings is 1. The highest BCUT2D eigenvalue weighted by molar-refractivity contribution is 5.94. The Morgan fingerprint density at radius 2 is 2.17 bits per heavy atom. The van der Waals surface area contributed by atoms with Crippen LogP contribution in [0.25, 0.3) is 5.52 Å². The van der Waals surface area contributed by atoms with Crippen LogP contribution in [0, 0.1) is 5.41 Å². The standard InChI is InChI=1S/C13H17N3O2/c1-13(2,3)7-10-15-11(12(17)18)9-6-8(14)4-5-16(9)10/h4-6H,7,14H2,1-3H3,(H,17,18). The van der Waals surface area contributed by atoms with E-state index in [2.05, 4.69) is 25.8 Å². The van der Waals surface area contributed by atoms with Gasteiger partial charge in [-0.1, -0.05) is 20.8 Å². The predicted molar refractivity (Wildman–Crippen MR) is 69.7 cm³/mol. The number of nitrogens with two attached hydrogens (primary N) is 1. The van der Waals surface area contributed by atoms with Gasteiger partial charge in [-0.15, -0.1) is 0 Å². The molecule has 0 aromatic carbocycles. The average molecular weight is 247 g/mol. The molecule has 0 fully saturated rings. The summed E-state index contributed by atoms with van der Waals surface area (Å²) in [5, 5.41) is 9.17. The summed E-state index contributed by atoms with van der Waals surface area (Å²) in [5.41, 5.74) is 6.87. The van der Waals surface area contributed by atoms with Crippen LogP contribution in [-0.4, -0.2) is 20.5 Å². The van der Waals surface area contributed by atoms with Crippen molar-refractivity contribution in [2.75, 3.05) is 5.73 Å². The minimum Gasteiger partial charge on any atom is -0.476 e. The van der Waals surface area contributed by atoms with E-state index in [1.54, 1.807) is 22.7 Å². The van der Waals surface area contributed by atoms with E-state index in [1.807, 2.05) is 0 Å². The van der Waals surface area contributed by atoms with Crippen LogP contribution in [0.15, 0.2) is 18.3 Å². The van der Waals surface area contributed by atoms with Gasteiger partial charge in [0.2, 0.25) is 0 Å². The Morgan fingerprint density at radius 1 is 1.50 bits per heavy atom. The van der Waals surface area contributed by atoms with Gasteiger partial charge in [0.05, 0.1) is 5.52 Å². The Morgan fingerprint density at radius 3 is 2.72 bits per heavy atom. The number of aromatic carboxylic acids is 1. The summed E-state index contributed by atoms with van der Waals surface area (Å²) in [6.07, 6.45) is 2.47. The largest absolute Gasteiger partial charge is 0.476 e. The van der Waals surface area contributed by atoms with E-state index in [1.165, 1.54) is 0 Å². The number of rotatable bonds is 2. The van der Waals surface area contributed by atoms with E-state index in [-0.39, 0.29) is 11.1 Å². The van der Waals surface area contributed by atoms with Gasteiger partial charge in [-0.2, -0.15) is 0 Å². The summed E-state index contributed by atoms with van der Waals surface area (Å²) in [4.78, 5) is 15.4. The third-order valence-corrected chi connectivity index (χ3v) is 2.63. The normalized spacial score (nSPS) is 11.9. The van der Waals surface area contributed by atoms with Crippen molar-refractivity contribution in [3.63, 3.8) is 0 Å². The van der Waals surface area contributed by atoms with Gasteiger partial charge in [0.1, 0.15) is 5.82 Å². The second-order valence-corrected chi connectivity index (χ2v) is 5.63. The monoisotopic (exact) mass is 247 g/mol. The maximum absolute atomic E-state index is 11.2. The molecule has 0 saturated carbocycles. The zero-order valence-electron chi connectivity index (χ0n) is 10.8. The lowest BCUT2D eigenvalue weighted by atomic mass is 9.92. The molecule has 5 heteroatoms. The molecule has 0 saturated heterocycles. The molecule has 5 nitrogen and oxygen atoms in total. The topological polar surface area (TPSA) is 80.6 Å². The maximum atomic E-state index is 11.2. The molecule has 0 bridgehead atoms. The first-order valence-corrected chi connectivity index (χ1v) is 5.78. The molecular weight excluding hydrogens is 230 g/mol. The van der Waals surface area contributed by atoms with Gasteiger partial charge in [0, 0.05) is 18.3 Å². The Bertz CT molecular complexity index is 608. The van der Waals surface area contributed by atoms with E-state index in [0.29, 0.717) is 17.6 Å². The van der Waals surface area contributed by atoms with Crippen LogP contribution in [-0.2, 0) is 6.42 Å². The number of carboxylic acid groups (broad SMARTS) is 1. The number of hydrogen-bond donors (Lipinski definition) is 2. The van der Waals surface area contributed by atoms with Crippen molar-refractivity contribution < 1.29 is 9.90 Å². The number of fused-ring (bicyclic) bond motifs is 1. The van der Waals surface area contributed by atoms with E-state index in [9.17, 15) is 4.79 Å². The third-order valence-electron chi connectivity index (χ3n) is 2.63. The van der Waals surface area contributed by atoms with E-state index >= 15 is 0 Å². The van der Waals surface area contributed by atoms with Crippen molar-refractivity contribution in [3.05, 3.63) is 29.8 Å². The molecule has 2 heterocycles. The van der Waals surface area contributed by atoms with Crippen LogP contribution in [0.3, 0.4) is 0 Å². The number of carbonyl (C=O) groups is 1. The van der Waals surface area contributed by atoms with Gasteiger partial charge in [-0.3, -0.25) is 0 Å². The fraction of sp³-hybridized carbons (Fsp3) is 0.385. The predicted octanol–water partition coefficient (Wildman–Crippen LogP) is 2.20. The molecule has 0 radical (unpaired) electrons. The fourth-order valence-electron chi connectivity index (χ4n) is 1.92. The summed E-state index contributed by atoms with van der Waals surface area (Å²) in [7, 11) is 0. The molecule has 2 aromatic rings. The maximum Gasteiger partial charge on any atom is 0.356 e. The van der Waals surface area contributed by atoms with E-state index in [4.69, 9.17) is 10.8 Å². The first-order chi connectivity index (χ1) is 8.28. The van der Waals surface area contributed by atoms with Crippen molar-refractivity contribution >= 4 is 17.2 Å². The zero-order chi connectivity index (χ0) is 13.5. The quantitative estimate of drug-likeness (QED) is 0.852. The third kappa shape index (κ3) is 2.30. The molecule has 2 aromatic heterocycles. The molecular formula is C13H17N3O2. The number of aromatic nitrogens is 2. The molecule has 3 N–H and O–H groups in total. The molecule has 2 rings (SSSR count). The van der Waals surface area contributed by atoms with Gasteiger partial charge in [-0.05, 0) is 17.5 Å². The van der Waals surface area contributed by atoms with Gasteiger partial charge in [-0.25, -0.2) is 9.78 Å². The number of anilines is 1. The fourth-order valence-corrected chi connectivity index (χ4v) is 1.92. The Balaban J connectivity index is 2.65. The molecule has 18 heavy (non-hydrogen) atoms. The van der Waals surface area contributed by atoms with E-state index in [0.717, 1.165) is 5.82 Å². The van der Waals surface area contributed by atoms with Gasteiger partial charge in [0.15, 0.2) is 5.69 Å². The minimum absolute atomic E-state index is 0.0401. The second kappa shape index (κ2) is 4.01. The highest BCUT2D eigenvalue weighted by Gasteiger charge is 2.20. The molecule has 0 aliphatic rings. The first-order valence-electron chi connectivity index (χ1n) is 5.78. The molecule has 0 spiro atoms. The number of nitrogen functional groups attached to an aromatic ring is 1. The molecule has 0 aliphatic heterocycles. The number of nitrogens with zero attached hydrogens (tertiary/aromatic N) is 2. The molecule has 0 amide bonds. The van der Waals surface area contributed by atoms with Crippen molar-refractivity contribution in [1.82, 2.24) is 9.38 Å². The van der Waals surface area contributed by atoms with Crippen molar-refractivity contribution in [1.29, 1.82) is 0 Å². The SMILES string of the molecule is CC(C)(C)Cc1nc(C(=O)O)c2cc(N)ccn12. The smallest absolute Gasteiger partial charge is 0.356 e. The van der Waals surface area contributed by atoms with Crippen LogP contribution in [0.1, 0.15) is 37.1 Å². The second-order valence-electron chi connectivity index (χ2n) is 5.63. The summed E-state index contributed by atoms with van der Waals surface area (Å²) in [6, 6.07) is 3.38. The van der Waals surface area contributed by atoms with Crippen LogP contribution < -0.4 is 5.73 Å². The summed E-state index contributed by atoms with van der Waals surface area (Å²) >= 11 is 0. The van der Waals surface area contributed by atoms with Crippen LogP contribution >= 0.6 is 0 Å². The number of carboxylic acids is 1. The lowest BCUT2D eigenvalue weighted by Crippen LogP contribution is -2.12. The molecule has 96 valence electrons. The van der Waals surface area contributed by atoms with Crippen molar-refractivity contribution in [3.8, 4) is 0 Å². The molecule has 0 atom stereocenters. The zero-order valence-corrected chi connectivity index (χ0v) is 10.8. The summed E-state index contributed by atoms with van der Waals surface area (Å²) in [6.45, 7) is 6.27.